The second kappa shape index (κ2) is 10.1. The Balaban J connectivity index is 1.27. The number of nitrogens with two attached hydrogens (primary N) is 1. The van der Waals surface area contributed by atoms with Crippen LogP contribution in [0.1, 0.15) is 55.6 Å². The monoisotopic (exact) mass is 478 g/mol. The molecule has 4 N–H and O–H groups in total. The predicted octanol–water partition coefficient (Wildman–Crippen LogP) is 5.87. The van der Waals surface area contributed by atoms with E-state index in [1.165, 1.54) is 11.1 Å². The average molecular weight is 479 g/mol. The third-order valence-corrected chi connectivity index (χ3v) is 6.71. The molecule has 36 heavy (non-hydrogen) atoms. The number of nitrogens with zero attached hydrogens (tertiary/aromatic N) is 3. The molecule has 3 heterocycles. The van der Waals surface area contributed by atoms with Gasteiger partial charge in [0.2, 0.25) is 5.95 Å². The molecule has 0 radical (unpaired) electrons. The minimum Gasteiger partial charge on any atom is -0.376 e. The number of fused-ring (bicyclic) bond motifs is 1. The van der Waals surface area contributed by atoms with Gasteiger partial charge in [-0.1, -0.05) is 54.6 Å². The van der Waals surface area contributed by atoms with E-state index in [9.17, 15) is 0 Å². The van der Waals surface area contributed by atoms with Gasteiger partial charge in [0.15, 0.2) is 0 Å². The van der Waals surface area contributed by atoms with Gasteiger partial charge in [-0.05, 0) is 68.9 Å². The van der Waals surface area contributed by atoms with Gasteiger partial charge in [-0.15, -0.1) is 0 Å². The maximum Gasteiger partial charge on any atom is 0.223 e. The number of hydrogen-bond acceptors (Lipinski definition) is 6. The number of pyridine rings is 1. The van der Waals surface area contributed by atoms with Crippen LogP contribution in [0.4, 0.5) is 11.6 Å². The molecule has 184 valence electrons. The van der Waals surface area contributed by atoms with Crippen molar-refractivity contribution in [2.45, 2.75) is 57.7 Å². The average Bonchev–Trinajstić information content (AvgIpc) is 2.88. The third kappa shape index (κ3) is 5.55. The highest BCUT2D eigenvalue weighted by Gasteiger charge is 2.22. The Morgan fingerprint density at radius 3 is 2.69 bits per heavy atom. The van der Waals surface area contributed by atoms with Crippen LogP contribution in [0.2, 0.25) is 0 Å². The SMILES string of the molecule is CC(Cc1cccc(C(C)(C)N)c1)Nc1nccc([C@@H]2CCc3cnc(-c4ccccc4)cc3N2)n1. The summed E-state index contributed by atoms with van der Waals surface area (Å²) in [4.78, 5) is 14.0. The fourth-order valence-electron chi connectivity index (χ4n) is 4.73. The van der Waals surface area contributed by atoms with Gasteiger partial charge in [0, 0.05) is 35.2 Å². The quantitative estimate of drug-likeness (QED) is 0.308. The van der Waals surface area contributed by atoms with E-state index in [2.05, 4.69) is 70.0 Å². The zero-order valence-corrected chi connectivity index (χ0v) is 21.2. The van der Waals surface area contributed by atoms with Crippen LogP contribution in [0.25, 0.3) is 11.3 Å². The van der Waals surface area contributed by atoms with E-state index in [1.54, 1.807) is 0 Å². The van der Waals surface area contributed by atoms with E-state index in [-0.39, 0.29) is 17.6 Å². The normalized spacial score (nSPS) is 16.1. The van der Waals surface area contributed by atoms with Crippen LogP contribution >= 0.6 is 0 Å². The summed E-state index contributed by atoms with van der Waals surface area (Å²) in [5, 5.41) is 7.18. The molecule has 0 amide bonds. The van der Waals surface area contributed by atoms with Crippen LogP contribution in [0, 0.1) is 0 Å². The summed E-state index contributed by atoms with van der Waals surface area (Å²) >= 11 is 0. The molecule has 5 rings (SSSR count). The van der Waals surface area contributed by atoms with Gasteiger partial charge >= 0.3 is 0 Å². The molecular weight excluding hydrogens is 444 g/mol. The first kappa shape index (κ1) is 23.9. The molecule has 0 fully saturated rings. The molecule has 1 unspecified atom stereocenters. The van der Waals surface area contributed by atoms with Gasteiger partial charge in [-0.3, -0.25) is 4.98 Å². The van der Waals surface area contributed by atoms with Crippen LogP contribution in [-0.4, -0.2) is 21.0 Å². The lowest BCUT2D eigenvalue weighted by atomic mass is 9.93. The summed E-state index contributed by atoms with van der Waals surface area (Å²) in [5.41, 5.74) is 13.8. The van der Waals surface area contributed by atoms with Gasteiger partial charge < -0.3 is 16.4 Å². The molecule has 6 nitrogen and oxygen atoms in total. The van der Waals surface area contributed by atoms with Gasteiger partial charge in [0.1, 0.15) is 0 Å². The van der Waals surface area contributed by atoms with Crippen molar-refractivity contribution in [3.63, 3.8) is 0 Å². The first-order valence-electron chi connectivity index (χ1n) is 12.6. The smallest absolute Gasteiger partial charge is 0.223 e. The summed E-state index contributed by atoms with van der Waals surface area (Å²) in [6, 6.07) is 23.2. The highest BCUT2D eigenvalue weighted by Crippen LogP contribution is 2.34. The van der Waals surface area contributed by atoms with Crippen molar-refractivity contribution in [2.75, 3.05) is 10.6 Å². The number of nitrogens with one attached hydrogen (secondary N) is 2. The summed E-state index contributed by atoms with van der Waals surface area (Å²) < 4.78 is 0. The number of benzene rings is 2. The van der Waals surface area contributed by atoms with Crippen LogP contribution in [-0.2, 0) is 18.4 Å². The van der Waals surface area contributed by atoms with E-state index < -0.39 is 0 Å². The molecule has 2 aromatic heterocycles. The van der Waals surface area contributed by atoms with Gasteiger partial charge in [-0.25, -0.2) is 9.97 Å². The molecule has 0 spiro atoms. The topological polar surface area (TPSA) is 88.8 Å². The van der Waals surface area contributed by atoms with E-state index in [1.807, 2.05) is 50.5 Å². The minimum atomic E-state index is -0.354. The van der Waals surface area contributed by atoms with Crippen molar-refractivity contribution in [2.24, 2.45) is 5.73 Å². The van der Waals surface area contributed by atoms with E-state index in [0.717, 1.165) is 47.5 Å². The zero-order chi connectivity index (χ0) is 25.1. The van der Waals surface area contributed by atoms with Crippen molar-refractivity contribution >= 4 is 11.6 Å². The fraction of sp³-hybridized carbons (Fsp3) is 0.300. The van der Waals surface area contributed by atoms with Gasteiger partial charge in [-0.2, -0.15) is 0 Å². The highest BCUT2D eigenvalue weighted by molar-refractivity contribution is 5.67. The van der Waals surface area contributed by atoms with E-state index in [4.69, 9.17) is 10.7 Å². The van der Waals surface area contributed by atoms with Gasteiger partial charge in [0.05, 0.1) is 17.4 Å². The lowest BCUT2D eigenvalue weighted by Gasteiger charge is -2.27. The fourth-order valence-corrected chi connectivity index (χ4v) is 4.73. The van der Waals surface area contributed by atoms with Crippen molar-refractivity contribution in [1.29, 1.82) is 0 Å². The summed E-state index contributed by atoms with van der Waals surface area (Å²) in [6.07, 6.45) is 6.63. The Morgan fingerprint density at radius 2 is 1.89 bits per heavy atom. The van der Waals surface area contributed by atoms with Crippen LogP contribution < -0.4 is 16.4 Å². The molecule has 4 aromatic rings. The van der Waals surface area contributed by atoms with Crippen molar-refractivity contribution in [3.05, 3.63) is 102 Å². The molecule has 0 bridgehead atoms. The Bertz CT molecular complexity index is 1330. The first-order chi connectivity index (χ1) is 17.3. The maximum atomic E-state index is 6.29. The standard InChI is InChI=1S/C30H34N6/c1-20(16-21-8-7-11-24(17-21)30(2,3)31)34-29-32-15-14-26(36-29)25-13-12-23-19-33-27(18-28(23)35-25)22-9-5-4-6-10-22/h4-11,14-15,17-20,25,35H,12-13,16,31H2,1-3H3,(H,32,34,36)/t20?,25-/m0/s1. The molecule has 0 aliphatic carbocycles. The summed E-state index contributed by atoms with van der Waals surface area (Å²) in [5.74, 6) is 0.655. The summed E-state index contributed by atoms with van der Waals surface area (Å²) in [7, 11) is 0. The van der Waals surface area contributed by atoms with Crippen molar-refractivity contribution in [1.82, 2.24) is 15.0 Å². The van der Waals surface area contributed by atoms with E-state index >= 15 is 0 Å². The number of anilines is 2. The van der Waals surface area contributed by atoms with Gasteiger partial charge in [0.25, 0.3) is 0 Å². The predicted molar refractivity (Wildman–Crippen MR) is 147 cm³/mol. The minimum absolute atomic E-state index is 0.130. The zero-order valence-electron chi connectivity index (χ0n) is 21.2. The van der Waals surface area contributed by atoms with Crippen LogP contribution in [0.15, 0.2) is 79.1 Å². The van der Waals surface area contributed by atoms with Crippen molar-refractivity contribution < 1.29 is 0 Å². The van der Waals surface area contributed by atoms with E-state index in [0.29, 0.717) is 5.95 Å². The number of aromatic nitrogens is 3. The third-order valence-electron chi connectivity index (χ3n) is 6.71. The molecule has 1 aliphatic rings. The lowest BCUT2D eigenvalue weighted by Crippen LogP contribution is -2.29. The Kier molecular flexibility index (Phi) is 6.70. The first-order valence-corrected chi connectivity index (χ1v) is 12.6. The Morgan fingerprint density at radius 1 is 1.06 bits per heavy atom. The Labute approximate surface area is 213 Å². The maximum absolute atomic E-state index is 6.29. The second-order valence-electron chi connectivity index (χ2n) is 10.3. The number of rotatable bonds is 7. The van der Waals surface area contributed by atoms with Crippen LogP contribution in [0.3, 0.4) is 0 Å². The molecule has 0 saturated carbocycles. The molecular formula is C30H34N6. The Hall–Kier alpha value is -3.77. The molecule has 0 saturated heterocycles. The molecule has 2 atom stereocenters. The number of hydrogen-bond donors (Lipinski definition) is 3. The number of aryl methyl sites for hydroxylation is 1. The molecule has 1 aliphatic heterocycles. The van der Waals surface area contributed by atoms with Crippen LogP contribution in [0.5, 0.6) is 0 Å². The molecule has 6 heteroatoms. The lowest BCUT2D eigenvalue weighted by molar-refractivity contribution is 0.553. The van der Waals surface area contributed by atoms with Crippen molar-refractivity contribution in [3.8, 4) is 11.3 Å². The molecule has 2 aromatic carbocycles. The highest BCUT2D eigenvalue weighted by atomic mass is 15.1. The largest absolute Gasteiger partial charge is 0.376 e. The summed E-state index contributed by atoms with van der Waals surface area (Å²) in [6.45, 7) is 6.22. The second-order valence-corrected chi connectivity index (χ2v) is 10.3.